The minimum atomic E-state index is 0.297. The zero-order valence-corrected chi connectivity index (χ0v) is 15.4. The molecular weight excluding hydrogens is 308 g/mol. The Kier molecular flexibility index (Phi) is 3.74. The summed E-state index contributed by atoms with van der Waals surface area (Å²) in [5, 5.41) is 0. The van der Waals surface area contributed by atoms with Crippen LogP contribution in [-0.2, 0) is 11.2 Å². The molecule has 4 atom stereocenters. The van der Waals surface area contributed by atoms with E-state index < -0.39 is 0 Å². The Bertz CT molecular complexity index is 740. The molecule has 0 N–H and O–H groups in total. The van der Waals surface area contributed by atoms with E-state index in [-0.39, 0.29) is 0 Å². The highest BCUT2D eigenvalue weighted by molar-refractivity contribution is 5.73. The molecule has 1 saturated heterocycles. The average molecular weight is 336 g/mol. The zero-order chi connectivity index (χ0) is 17.0. The van der Waals surface area contributed by atoms with Crippen LogP contribution >= 0.6 is 0 Å². The van der Waals surface area contributed by atoms with Gasteiger partial charge in [-0.1, -0.05) is 24.1 Å². The molecule has 2 aliphatic carbocycles. The van der Waals surface area contributed by atoms with Crippen LogP contribution in [0.3, 0.4) is 0 Å². The molecular formula is C22H28N2O. The molecule has 0 radical (unpaired) electrons. The van der Waals surface area contributed by atoms with Gasteiger partial charge in [0.25, 0.3) is 0 Å². The lowest BCUT2D eigenvalue weighted by Gasteiger charge is -2.37. The second kappa shape index (κ2) is 5.98. The van der Waals surface area contributed by atoms with Gasteiger partial charge in [-0.15, -0.1) is 0 Å². The van der Waals surface area contributed by atoms with Gasteiger partial charge in [0.05, 0.1) is 18.2 Å². The summed E-state index contributed by atoms with van der Waals surface area (Å²) >= 11 is 0. The summed E-state index contributed by atoms with van der Waals surface area (Å²) in [6.45, 7) is 6.35. The van der Waals surface area contributed by atoms with Crippen LogP contribution in [0.15, 0.2) is 34.3 Å². The molecule has 4 aliphatic rings. The molecule has 0 spiro atoms. The van der Waals surface area contributed by atoms with Crippen LogP contribution in [0.25, 0.3) is 0 Å². The maximum absolute atomic E-state index is 5.95. The van der Waals surface area contributed by atoms with Crippen molar-refractivity contribution in [3.05, 3.63) is 40.5 Å². The van der Waals surface area contributed by atoms with Crippen molar-refractivity contribution in [1.29, 1.82) is 0 Å². The highest BCUT2D eigenvalue weighted by Crippen LogP contribution is 2.49. The average Bonchev–Trinajstić information content (AvgIpc) is 3.00. The summed E-state index contributed by atoms with van der Waals surface area (Å²) in [5.41, 5.74) is 7.75. The largest absolute Gasteiger partial charge is 0.372 e. The lowest BCUT2D eigenvalue weighted by Crippen LogP contribution is -2.45. The number of nitrogens with zero attached hydrogens (tertiary/aromatic N) is 2. The Morgan fingerprint density at radius 3 is 2.76 bits per heavy atom. The molecule has 3 nitrogen and oxygen atoms in total. The molecule has 1 saturated carbocycles. The van der Waals surface area contributed by atoms with E-state index in [9.17, 15) is 0 Å². The van der Waals surface area contributed by atoms with E-state index in [1.807, 2.05) is 0 Å². The standard InChI is InChI=1S/C22H28N2O/c1-14-12-24(13-15(2)25-14)21-9-5-8-18-19(21)10-20-17-7-4-3-6-16(17)11-23-22(18)20/h5,8-9,11,14-16,22H,3-4,6-7,10,12-13H2,1-2H3. The van der Waals surface area contributed by atoms with Gasteiger partial charge in [-0.25, -0.2) is 0 Å². The third-order valence-electron chi connectivity index (χ3n) is 6.43. The van der Waals surface area contributed by atoms with E-state index in [2.05, 4.69) is 43.2 Å². The van der Waals surface area contributed by atoms with Crippen molar-refractivity contribution in [1.82, 2.24) is 0 Å². The van der Waals surface area contributed by atoms with E-state index in [0.717, 1.165) is 19.5 Å². The molecule has 0 amide bonds. The number of morpholine rings is 1. The smallest absolute Gasteiger partial charge is 0.0965 e. The van der Waals surface area contributed by atoms with E-state index in [0.29, 0.717) is 24.2 Å². The molecule has 0 bridgehead atoms. The van der Waals surface area contributed by atoms with Gasteiger partial charge in [0, 0.05) is 30.9 Å². The molecule has 1 aromatic carbocycles. The first-order chi connectivity index (χ1) is 12.2. The number of rotatable bonds is 1. The molecule has 25 heavy (non-hydrogen) atoms. The Morgan fingerprint density at radius 1 is 1.08 bits per heavy atom. The minimum Gasteiger partial charge on any atom is -0.372 e. The van der Waals surface area contributed by atoms with Gasteiger partial charge in [-0.2, -0.15) is 0 Å². The zero-order valence-electron chi connectivity index (χ0n) is 15.4. The summed E-state index contributed by atoms with van der Waals surface area (Å²) in [6, 6.07) is 7.16. The molecule has 5 rings (SSSR count). The number of fused-ring (bicyclic) bond motifs is 4. The molecule has 2 fully saturated rings. The number of allylic oxidation sites excluding steroid dienone is 1. The van der Waals surface area contributed by atoms with E-state index in [1.54, 1.807) is 11.1 Å². The first-order valence-electron chi connectivity index (χ1n) is 9.98. The summed E-state index contributed by atoms with van der Waals surface area (Å²) in [7, 11) is 0. The number of anilines is 1. The predicted molar refractivity (Wildman–Crippen MR) is 103 cm³/mol. The van der Waals surface area contributed by atoms with Gasteiger partial charge in [0.15, 0.2) is 0 Å². The third kappa shape index (κ3) is 2.55. The highest BCUT2D eigenvalue weighted by Gasteiger charge is 2.37. The molecule has 2 aliphatic heterocycles. The van der Waals surface area contributed by atoms with E-state index >= 15 is 0 Å². The summed E-state index contributed by atoms with van der Waals surface area (Å²) in [5.74, 6) is 0.626. The summed E-state index contributed by atoms with van der Waals surface area (Å²) < 4.78 is 5.95. The fourth-order valence-electron chi connectivity index (χ4n) is 5.44. The second-order valence-electron chi connectivity index (χ2n) is 8.29. The van der Waals surface area contributed by atoms with Gasteiger partial charge >= 0.3 is 0 Å². The Labute approximate surface area is 150 Å². The van der Waals surface area contributed by atoms with Crippen LogP contribution in [0.1, 0.15) is 56.7 Å². The molecule has 4 unspecified atom stereocenters. The van der Waals surface area contributed by atoms with Crippen molar-refractivity contribution in [2.75, 3.05) is 18.0 Å². The van der Waals surface area contributed by atoms with Crippen LogP contribution in [0.5, 0.6) is 0 Å². The van der Waals surface area contributed by atoms with Gasteiger partial charge in [-0.3, -0.25) is 4.99 Å². The van der Waals surface area contributed by atoms with Crippen molar-refractivity contribution < 1.29 is 4.74 Å². The first-order valence-corrected chi connectivity index (χ1v) is 9.98. The molecule has 132 valence electrons. The maximum Gasteiger partial charge on any atom is 0.0965 e. The quantitative estimate of drug-likeness (QED) is 0.707. The van der Waals surface area contributed by atoms with Crippen LogP contribution < -0.4 is 4.90 Å². The Balaban J connectivity index is 1.54. The second-order valence-corrected chi connectivity index (χ2v) is 8.29. The summed E-state index contributed by atoms with van der Waals surface area (Å²) in [4.78, 5) is 7.55. The van der Waals surface area contributed by atoms with Crippen molar-refractivity contribution >= 4 is 11.9 Å². The molecule has 1 aromatic rings. The number of ether oxygens (including phenoxy) is 1. The third-order valence-corrected chi connectivity index (χ3v) is 6.43. The molecule has 0 aromatic heterocycles. The van der Waals surface area contributed by atoms with Crippen molar-refractivity contribution in [2.24, 2.45) is 10.9 Å². The predicted octanol–water partition coefficient (Wildman–Crippen LogP) is 4.47. The lowest BCUT2D eigenvalue weighted by molar-refractivity contribution is -0.00525. The van der Waals surface area contributed by atoms with Crippen molar-refractivity contribution in [2.45, 2.75) is 64.2 Å². The number of aliphatic imine (C=N–C) groups is 1. The lowest BCUT2D eigenvalue weighted by atomic mass is 9.79. The maximum atomic E-state index is 5.95. The summed E-state index contributed by atoms with van der Waals surface area (Å²) in [6.07, 6.45) is 9.28. The fourth-order valence-corrected chi connectivity index (χ4v) is 5.44. The Morgan fingerprint density at radius 2 is 1.92 bits per heavy atom. The minimum absolute atomic E-state index is 0.297. The van der Waals surface area contributed by atoms with Gasteiger partial charge in [0.1, 0.15) is 0 Å². The molecule has 3 heteroatoms. The van der Waals surface area contributed by atoms with E-state index in [4.69, 9.17) is 9.73 Å². The van der Waals surface area contributed by atoms with Crippen molar-refractivity contribution in [3.63, 3.8) is 0 Å². The first kappa shape index (κ1) is 15.6. The van der Waals surface area contributed by atoms with Crippen LogP contribution in [0.4, 0.5) is 5.69 Å². The molecule has 2 heterocycles. The van der Waals surface area contributed by atoms with Crippen LogP contribution in [0.2, 0.25) is 0 Å². The monoisotopic (exact) mass is 336 g/mol. The van der Waals surface area contributed by atoms with Crippen LogP contribution in [-0.4, -0.2) is 31.5 Å². The highest BCUT2D eigenvalue weighted by atomic mass is 16.5. The van der Waals surface area contributed by atoms with Gasteiger partial charge in [-0.05, 0) is 62.3 Å². The number of benzene rings is 1. The normalized spacial score (nSPS) is 33.9. The topological polar surface area (TPSA) is 24.8 Å². The van der Waals surface area contributed by atoms with Crippen molar-refractivity contribution in [3.8, 4) is 0 Å². The SMILES string of the molecule is CC1CN(c2cccc3c2CC2=C4CCCCC4C=NC23)CC(C)O1. The van der Waals surface area contributed by atoms with E-state index in [1.165, 1.54) is 42.5 Å². The fraction of sp³-hybridized carbons (Fsp3) is 0.591. The number of hydrogen-bond acceptors (Lipinski definition) is 3. The van der Waals surface area contributed by atoms with Gasteiger partial charge < -0.3 is 9.64 Å². The van der Waals surface area contributed by atoms with Gasteiger partial charge in [0.2, 0.25) is 0 Å². The Hall–Kier alpha value is -1.61. The number of dihydropyridines is 1. The van der Waals surface area contributed by atoms with Crippen LogP contribution in [0, 0.1) is 5.92 Å². The number of hydrogen-bond donors (Lipinski definition) is 0.